The Morgan fingerprint density at radius 1 is 1.33 bits per heavy atom. The first-order chi connectivity index (χ1) is 12.8. The zero-order chi connectivity index (χ0) is 20.0. The minimum absolute atomic E-state index is 0.110. The van der Waals surface area contributed by atoms with E-state index in [0.29, 0.717) is 12.4 Å². The zero-order valence-corrected chi connectivity index (χ0v) is 16.2. The summed E-state index contributed by atoms with van der Waals surface area (Å²) in [7, 11) is 1.47. The topological polar surface area (TPSA) is 111 Å². The smallest absolute Gasteiger partial charge is 0.245 e. The van der Waals surface area contributed by atoms with Gasteiger partial charge in [-0.25, -0.2) is 4.98 Å². The number of hydrogen-bond acceptors (Lipinski definition) is 5. The fourth-order valence-corrected chi connectivity index (χ4v) is 2.48. The number of carbonyl (C=O) groups is 2. The van der Waals surface area contributed by atoms with Gasteiger partial charge < -0.3 is 25.7 Å². The maximum Gasteiger partial charge on any atom is 0.245 e. The summed E-state index contributed by atoms with van der Waals surface area (Å²) in [5.74, 6) is -0.229. The highest BCUT2D eigenvalue weighted by atomic mass is 16.5. The second kappa shape index (κ2) is 8.79. The maximum atomic E-state index is 12.7. The molecule has 146 valence electrons. The summed E-state index contributed by atoms with van der Waals surface area (Å²) < 4.78 is 6.51. The molecule has 27 heavy (non-hydrogen) atoms. The highest BCUT2D eigenvalue weighted by Gasteiger charge is 2.30. The van der Waals surface area contributed by atoms with Crippen LogP contribution < -0.4 is 16.4 Å². The van der Waals surface area contributed by atoms with Crippen LogP contribution in [0.1, 0.15) is 25.0 Å². The lowest BCUT2D eigenvalue weighted by molar-refractivity contribution is -0.128. The van der Waals surface area contributed by atoms with Crippen molar-refractivity contribution in [3.63, 3.8) is 0 Å². The lowest BCUT2D eigenvalue weighted by atomic mass is 10.0. The molecule has 1 aromatic heterocycles. The highest BCUT2D eigenvalue weighted by molar-refractivity contribution is 5.94. The molecule has 0 saturated carbocycles. The number of hydrogen-bond donors (Lipinski definition) is 3. The molecule has 2 aromatic rings. The van der Waals surface area contributed by atoms with Gasteiger partial charge in [0.2, 0.25) is 11.8 Å². The van der Waals surface area contributed by atoms with Crippen molar-refractivity contribution in [1.29, 1.82) is 0 Å². The van der Waals surface area contributed by atoms with Crippen molar-refractivity contribution >= 4 is 17.6 Å². The van der Waals surface area contributed by atoms with Crippen LogP contribution in [0.3, 0.4) is 0 Å². The Hall–Kier alpha value is -2.71. The molecule has 0 spiro atoms. The Balaban J connectivity index is 2.01. The molecular weight excluding hydrogens is 346 g/mol. The lowest BCUT2D eigenvalue weighted by Crippen LogP contribution is -2.43. The molecule has 1 atom stereocenters. The molecule has 0 radical (unpaired) electrons. The molecular formula is C19H27N5O3. The van der Waals surface area contributed by atoms with E-state index in [1.54, 1.807) is 24.6 Å². The number of imidazole rings is 1. The number of aryl methyl sites for hydroxylation is 1. The second-order valence-corrected chi connectivity index (χ2v) is 6.89. The third-order valence-electron chi connectivity index (χ3n) is 4.42. The van der Waals surface area contributed by atoms with Crippen molar-refractivity contribution in [2.45, 2.75) is 38.9 Å². The molecule has 0 aliphatic heterocycles. The van der Waals surface area contributed by atoms with Crippen LogP contribution in [-0.2, 0) is 26.4 Å². The number of rotatable bonds is 8. The van der Waals surface area contributed by atoms with Gasteiger partial charge in [0.05, 0.1) is 12.9 Å². The molecule has 0 saturated heterocycles. The van der Waals surface area contributed by atoms with E-state index < -0.39 is 17.5 Å². The SMILES string of the molecule is COC[C@H](N)C(=O)Nc1cn(C(C)(C)C(=O)NCc2ccccc2C)cn1. The summed E-state index contributed by atoms with van der Waals surface area (Å²) in [6.45, 7) is 6.12. The molecule has 0 aliphatic carbocycles. The standard InChI is InChI=1S/C19H27N5O3/c1-13-7-5-6-8-14(13)9-21-18(26)19(2,3)24-10-16(22-12-24)23-17(25)15(20)11-27-4/h5-8,10,12,15H,9,11,20H2,1-4H3,(H,21,26)(H,23,25)/t15-/m0/s1. The van der Waals surface area contributed by atoms with Gasteiger partial charge in [-0.15, -0.1) is 0 Å². The van der Waals surface area contributed by atoms with E-state index in [-0.39, 0.29) is 12.5 Å². The lowest BCUT2D eigenvalue weighted by Gasteiger charge is -2.25. The van der Waals surface area contributed by atoms with Gasteiger partial charge in [0.25, 0.3) is 0 Å². The van der Waals surface area contributed by atoms with E-state index in [0.717, 1.165) is 11.1 Å². The van der Waals surface area contributed by atoms with Gasteiger partial charge in [-0.2, -0.15) is 0 Å². The van der Waals surface area contributed by atoms with Crippen LogP contribution in [0.4, 0.5) is 5.82 Å². The van der Waals surface area contributed by atoms with Gasteiger partial charge in [-0.1, -0.05) is 24.3 Å². The molecule has 8 nitrogen and oxygen atoms in total. The predicted molar refractivity (Wildman–Crippen MR) is 103 cm³/mol. The van der Waals surface area contributed by atoms with Gasteiger partial charge in [-0.05, 0) is 31.9 Å². The van der Waals surface area contributed by atoms with Crippen LogP contribution in [0.5, 0.6) is 0 Å². The Morgan fingerprint density at radius 2 is 2.04 bits per heavy atom. The molecule has 8 heteroatoms. The number of methoxy groups -OCH3 is 1. The third kappa shape index (κ3) is 5.15. The van der Waals surface area contributed by atoms with Crippen molar-refractivity contribution in [1.82, 2.24) is 14.9 Å². The molecule has 1 aromatic carbocycles. The number of carbonyl (C=O) groups excluding carboxylic acids is 2. The van der Waals surface area contributed by atoms with Crippen LogP contribution in [0.15, 0.2) is 36.8 Å². The van der Waals surface area contributed by atoms with Gasteiger partial charge in [0.1, 0.15) is 11.6 Å². The summed E-state index contributed by atoms with van der Waals surface area (Å²) in [5, 5.41) is 5.57. The minimum atomic E-state index is -0.882. The van der Waals surface area contributed by atoms with E-state index in [1.165, 1.54) is 13.4 Å². The summed E-state index contributed by atoms with van der Waals surface area (Å²) in [6.07, 6.45) is 3.11. The van der Waals surface area contributed by atoms with Crippen molar-refractivity contribution in [3.8, 4) is 0 Å². The molecule has 1 heterocycles. The first kappa shape index (κ1) is 20.6. The van der Waals surface area contributed by atoms with Gasteiger partial charge in [0, 0.05) is 19.9 Å². The second-order valence-electron chi connectivity index (χ2n) is 6.89. The molecule has 0 fully saturated rings. The minimum Gasteiger partial charge on any atom is -0.383 e. The average molecular weight is 373 g/mol. The van der Waals surface area contributed by atoms with Crippen LogP contribution in [0.25, 0.3) is 0 Å². The summed E-state index contributed by atoms with van der Waals surface area (Å²) >= 11 is 0. The molecule has 2 rings (SSSR count). The van der Waals surface area contributed by atoms with E-state index in [4.69, 9.17) is 10.5 Å². The Labute approximate surface area is 159 Å². The fraction of sp³-hybridized carbons (Fsp3) is 0.421. The van der Waals surface area contributed by atoms with Crippen LogP contribution >= 0.6 is 0 Å². The van der Waals surface area contributed by atoms with E-state index in [9.17, 15) is 9.59 Å². The quantitative estimate of drug-likeness (QED) is 0.643. The van der Waals surface area contributed by atoms with Crippen molar-refractivity contribution in [2.24, 2.45) is 5.73 Å². The summed E-state index contributed by atoms with van der Waals surface area (Å²) in [5.41, 5.74) is 6.99. The van der Waals surface area contributed by atoms with Gasteiger partial charge >= 0.3 is 0 Å². The number of ether oxygens (including phenoxy) is 1. The van der Waals surface area contributed by atoms with E-state index in [2.05, 4.69) is 15.6 Å². The van der Waals surface area contributed by atoms with Crippen molar-refractivity contribution in [2.75, 3.05) is 19.0 Å². The predicted octanol–water partition coefficient (Wildman–Crippen LogP) is 1.16. The van der Waals surface area contributed by atoms with Gasteiger partial charge in [-0.3, -0.25) is 9.59 Å². The number of nitrogens with one attached hydrogen (secondary N) is 2. The summed E-state index contributed by atoms with van der Waals surface area (Å²) in [6, 6.07) is 7.11. The van der Waals surface area contributed by atoms with Crippen LogP contribution in [0.2, 0.25) is 0 Å². The van der Waals surface area contributed by atoms with Crippen molar-refractivity contribution in [3.05, 3.63) is 47.9 Å². The number of nitrogens with zero attached hydrogens (tertiary/aromatic N) is 2. The highest BCUT2D eigenvalue weighted by Crippen LogP contribution is 2.18. The Bertz CT molecular complexity index is 800. The molecule has 4 N–H and O–H groups in total. The average Bonchev–Trinajstić information content (AvgIpc) is 3.10. The number of anilines is 1. The van der Waals surface area contributed by atoms with Crippen molar-refractivity contribution < 1.29 is 14.3 Å². The normalized spacial score (nSPS) is 12.5. The maximum absolute atomic E-state index is 12.7. The van der Waals surface area contributed by atoms with E-state index >= 15 is 0 Å². The monoisotopic (exact) mass is 373 g/mol. The Kier molecular flexibility index (Phi) is 6.70. The Morgan fingerprint density at radius 3 is 2.70 bits per heavy atom. The van der Waals surface area contributed by atoms with Crippen LogP contribution in [0, 0.1) is 6.92 Å². The van der Waals surface area contributed by atoms with E-state index in [1.807, 2.05) is 31.2 Å². The van der Waals surface area contributed by atoms with Crippen LogP contribution in [-0.4, -0.2) is 41.1 Å². The number of aromatic nitrogens is 2. The first-order valence-electron chi connectivity index (χ1n) is 8.68. The number of amides is 2. The molecule has 0 bridgehead atoms. The fourth-order valence-electron chi connectivity index (χ4n) is 2.48. The molecule has 0 unspecified atom stereocenters. The van der Waals surface area contributed by atoms with Gasteiger partial charge in [0.15, 0.2) is 5.82 Å². The third-order valence-corrected chi connectivity index (χ3v) is 4.42. The molecule has 0 aliphatic rings. The first-order valence-corrected chi connectivity index (χ1v) is 8.68. The largest absolute Gasteiger partial charge is 0.383 e. The number of benzene rings is 1. The summed E-state index contributed by atoms with van der Waals surface area (Å²) in [4.78, 5) is 28.8. The zero-order valence-electron chi connectivity index (χ0n) is 16.2. The molecule has 2 amide bonds. The number of nitrogens with two attached hydrogens (primary N) is 1.